The third-order valence-corrected chi connectivity index (χ3v) is 1.15. The molecule has 0 aliphatic carbocycles. The van der Waals surface area contributed by atoms with E-state index in [0.29, 0.717) is 18.8 Å². The van der Waals surface area contributed by atoms with Crippen LogP contribution in [-0.4, -0.2) is 31.4 Å². The average Bonchev–Trinajstić information content (AvgIpc) is 2.84. The van der Waals surface area contributed by atoms with Crippen LogP contribution in [-0.2, 0) is 19.1 Å². The van der Waals surface area contributed by atoms with E-state index in [4.69, 9.17) is 19.7 Å². The molecule has 0 bridgehead atoms. The molecule has 1 rings (SSSR count). The van der Waals surface area contributed by atoms with E-state index in [1.807, 2.05) is 0 Å². The van der Waals surface area contributed by atoms with Gasteiger partial charge in [0.1, 0.15) is 12.7 Å². The summed E-state index contributed by atoms with van der Waals surface area (Å²) in [4.78, 5) is 19.0. The number of esters is 1. The second kappa shape index (κ2) is 6.11. The normalized spacial score (nSPS) is 17.5. The average molecular weight is 185 g/mol. The number of nitrogens with one attached hydrogen (secondary N) is 1. The lowest BCUT2D eigenvalue weighted by Gasteiger charge is -1.99. The van der Waals surface area contributed by atoms with Crippen LogP contribution in [0.3, 0.4) is 0 Å². The monoisotopic (exact) mass is 185 g/mol. The zero-order valence-electron chi connectivity index (χ0n) is 7.33. The molecule has 1 fully saturated rings. The SMILES string of the molecule is C=C(C)C(=O)OCC1CO1.N=C=O. The second-order valence-electron chi connectivity index (χ2n) is 2.44. The summed E-state index contributed by atoms with van der Waals surface area (Å²) in [5.41, 5.74) is 0.431. The number of ether oxygens (including phenoxy) is 2. The lowest BCUT2D eigenvalue weighted by Crippen LogP contribution is -2.09. The van der Waals surface area contributed by atoms with Gasteiger partial charge in [0.05, 0.1) is 6.61 Å². The Morgan fingerprint density at radius 3 is 2.62 bits per heavy atom. The summed E-state index contributed by atoms with van der Waals surface area (Å²) in [7, 11) is 0. The number of isocyanates is 1. The van der Waals surface area contributed by atoms with Crippen LogP contribution >= 0.6 is 0 Å². The van der Waals surface area contributed by atoms with Gasteiger partial charge < -0.3 is 9.47 Å². The Kier molecular flexibility index (Phi) is 5.43. The van der Waals surface area contributed by atoms with Gasteiger partial charge in [-0.05, 0) is 6.92 Å². The van der Waals surface area contributed by atoms with E-state index >= 15 is 0 Å². The topological polar surface area (TPSA) is 79.8 Å². The molecule has 0 spiro atoms. The van der Waals surface area contributed by atoms with Crippen molar-refractivity contribution in [1.82, 2.24) is 0 Å². The molecule has 5 heteroatoms. The second-order valence-corrected chi connectivity index (χ2v) is 2.44. The van der Waals surface area contributed by atoms with Gasteiger partial charge in [-0.15, -0.1) is 0 Å². The molecule has 72 valence electrons. The van der Waals surface area contributed by atoms with E-state index < -0.39 is 0 Å². The Bertz CT molecular complexity index is 226. The van der Waals surface area contributed by atoms with E-state index in [9.17, 15) is 4.79 Å². The summed E-state index contributed by atoms with van der Waals surface area (Å²) in [6.07, 6.45) is 0.892. The number of epoxide rings is 1. The number of rotatable bonds is 3. The van der Waals surface area contributed by atoms with Gasteiger partial charge in [-0.2, -0.15) is 0 Å². The van der Waals surface area contributed by atoms with Gasteiger partial charge in [-0.25, -0.2) is 15.0 Å². The Morgan fingerprint density at radius 2 is 2.31 bits per heavy atom. The first-order valence-corrected chi connectivity index (χ1v) is 3.60. The molecule has 1 aliphatic rings. The highest BCUT2D eigenvalue weighted by atomic mass is 16.6. The van der Waals surface area contributed by atoms with Gasteiger partial charge in [-0.1, -0.05) is 6.58 Å². The van der Waals surface area contributed by atoms with Crippen LogP contribution in [0.15, 0.2) is 12.2 Å². The van der Waals surface area contributed by atoms with Gasteiger partial charge >= 0.3 is 5.97 Å². The maximum atomic E-state index is 10.7. The van der Waals surface area contributed by atoms with Crippen molar-refractivity contribution in [2.45, 2.75) is 13.0 Å². The highest BCUT2D eigenvalue weighted by molar-refractivity contribution is 5.86. The third kappa shape index (κ3) is 6.93. The molecule has 0 saturated carbocycles. The van der Waals surface area contributed by atoms with E-state index in [0.717, 1.165) is 6.08 Å². The number of carbonyl (C=O) groups is 1. The largest absolute Gasteiger partial charge is 0.459 e. The van der Waals surface area contributed by atoms with Crippen LogP contribution in [0.4, 0.5) is 0 Å². The third-order valence-electron chi connectivity index (χ3n) is 1.15. The summed E-state index contributed by atoms with van der Waals surface area (Å²) in [5, 5.41) is 5.40. The molecule has 1 N–H and O–H groups in total. The maximum absolute atomic E-state index is 10.7. The molecule has 1 unspecified atom stereocenters. The summed E-state index contributed by atoms with van der Waals surface area (Å²) in [6.45, 7) is 6.14. The lowest BCUT2D eigenvalue weighted by molar-refractivity contribution is -0.139. The first-order chi connectivity index (χ1) is 6.11. The molecule has 0 aromatic carbocycles. The quantitative estimate of drug-likeness (QED) is 0.227. The van der Waals surface area contributed by atoms with Crippen LogP contribution in [0.2, 0.25) is 0 Å². The van der Waals surface area contributed by atoms with E-state index in [1.165, 1.54) is 0 Å². The molecule has 5 nitrogen and oxygen atoms in total. The summed E-state index contributed by atoms with van der Waals surface area (Å²) < 4.78 is 9.60. The maximum Gasteiger partial charge on any atom is 0.333 e. The van der Waals surface area contributed by atoms with E-state index in [-0.39, 0.29) is 12.1 Å². The molecule has 0 amide bonds. The van der Waals surface area contributed by atoms with Crippen molar-refractivity contribution in [3.05, 3.63) is 12.2 Å². The van der Waals surface area contributed by atoms with Crippen LogP contribution < -0.4 is 0 Å². The molecular weight excluding hydrogens is 174 g/mol. The molecule has 1 saturated heterocycles. The molecule has 1 atom stereocenters. The molecular formula is C8H11NO4. The highest BCUT2D eigenvalue weighted by Gasteiger charge is 2.24. The van der Waals surface area contributed by atoms with Crippen LogP contribution in [0.25, 0.3) is 0 Å². The molecule has 1 aliphatic heterocycles. The Balaban J connectivity index is 0.000000424. The fourth-order valence-electron chi connectivity index (χ4n) is 0.456. The zero-order valence-corrected chi connectivity index (χ0v) is 7.33. The summed E-state index contributed by atoms with van der Waals surface area (Å²) in [6, 6.07) is 0. The standard InChI is InChI=1S/C7H10O3.CHNO/c1-5(2)7(8)10-4-6-3-9-6;2-1-3/h6H,1,3-4H2,2H3;2H. The minimum absolute atomic E-state index is 0.142. The predicted molar refractivity (Wildman–Crippen MR) is 43.9 cm³/mol. The first-order valence-electron chi connectivity index (χ1n) is 3.60. The van der Waals surface area contributed by atoms with Crippen LogP contribution in [0.1, 0.15) is 6.92 Å². The smallest absolute Gasteiger partial charge is 0.333 e. The lowest BCUT2D eigenvalue weighted by atomic mass is 10.4. The van der Waals surface area contributed by atoms with Gasteiger partial charge in [0.2, 0.25) is 6.08 Å². The van der Waals surface area contributed by atoms with Crippen LogP contribution in [0, 0.1) is 5.41 Å². The number of hydrogen-bond acceptors (Lipinski definition) is 5. The minimum atomic E-state index is -0.337. The predicted octanol–water partition coefficient (Wildman–Crippen LogP) is 0.405. The summed E-state index contributed by atoms with van der Waals surface area (Å²) in [5.74, 6) is -0.337. The zero-order chi connectivity index (χ0) is 10.3. The molecule has 13 heavy (non-hydrogen) atoms. The van der Waals surface area contributed by atoms with Crippen LogP contribution in [0.5, 0.6) is 0 Å². The molecule has 1 heterocycles. The van der Waals surface area contributed by atoms with E-state index in [1.54, 1.807) is 6.92 Å². The molecule has 0 aromatic rings. The van der Waals surface area contributed by atoms with Crippen molar-refractivity contribution in [1.29, 1.82) is 5.41 Å². The van der Waals surface area contributed by atoms with Gasteiger partial charge in [0.25, 0.3) is 0 Å². The van der Waals surface area contributed by atoms with Gasteiger partial charge in [-0.3, -0.25) is 0 Å². The van der Waals surface area contributed by atoms with Gasteiger partial charge in [0, 0.05) is 5.57 Å². The van der Waals surface area contributed by atoms with Crippen molar-refractivity contribution in [2.24, 2.45) is 0 Å². The van der Waals surface area contributed by atoms with Crippen molar-refractivity contribution in [3.8, 4) is 0 Å². The number of hydrogen-bond donors (Lipinski definition) is 1. The highest BCUT2D eigenvalue weighted by Crippen LogP contribution is 2.09. The summed E-state index contributed by atoms with van der Waals surface area (Å²) >= 11 is 0. The van der Waals surface area contributed by atoms with Crippen molar-refractivity contribution < 1.29 is 19.1 Å². The molecule has 0 aromatic heterocycles. The van der Waals surface area contributed by atoms with Crippen molar-refractivity contribution >= 4 is 12.0 Å². The fourth-order valence-corrected chi connectivity index (χ4v) is 0.456. The van der Waals surface area contributed by atoms with Gasteiger partial charge in [0.15, 0.2) is 0 Å². The van der Waals surface area contributed by atoms with Crippen molar-refractivity contribution in [3.63, 3.8) is 0 Å². The first kappa shape index (κ1) is 11.6. The van der Waals surface area contributed by atoms with Crippen molar-refractivity contribution in [2.75, 3.05) is 13.2 Å². The Morgan fingerprint density at radius 1 is 1.85 bits per heavy atom. The molecule has 0 radical (unpaired) electrons. The van der Waals surface area contributed by atoms with E-state index in [2.05, 4.69) is 6.58 Å². The minimum Gasteiger partial charge on any atom is -0.459 e. The Labute approximate surface area is 75.8 Å². The fraction of sp³-hybridized carbons (Fsp3) is 0.500. The Hall–Kier alpha value is -1.45. The number of carbonyl (C=O) groups excluding carboxylic acids is 2.